The van der Waals surface area contributed by atoms with Gasteiger partial charge in [-0.25, -0.2) is 0 Å². The van der Waals surface area contributed by atoms with Gasteiger partial charge in [0.25, 0.3) is 0 Å². The van der Waals surface area contributed by atoms with E-state index in [9.17, 15) is 0 Å². The molecular weight excluding hydrogens is 248 g/mol. The lowest BCUT2D eigenvalue weighted by atomic mass is 10.2. The quantitative estimate of drug-likeness (QED) is 0.852. The molecule has 3 nitrogen and oxygen atoms in total. The lowest BCUT2D eigenvalue weighted by Gasteiger charge is -2.27. The average Bonchev–Trinajstić information content (AvgIpc) is 2.76. The largest absolute Gasteiger partial charge is 0.379 e. The summed E-state index contributed by atoms with van der Waals surface area (Å²) in [5, 5.41) is 1.36. The van der Waals surface area contributed by atoms with Crippen LogP contribution in [-0.4, -0.2) is 35.8 Å². The number of aryl methyl sites for hydroxylation is 1. The first-order valence-electron chi connectivity index (χ1n) is 7.56. The van der Waals surface area contributed by atoms with Crippen molar-refractivity contribution in [2.45, 2.75) is 33.4 Å². The highest BCUT2D eigenvalue weighted by molar-refractivity contribution is 5.82. The molecule has 1 fully saturated rings. The molecule has 3 rings (SSSR count). The number of nitrogens with zero attached hydrogens (tertiary/aromatic N) is 2. The molecule has 0 spiro atoms. The maximum absolute atomic E-state index is 5.44. The fourth-order valence-electron chi connectivity index (χ4n) is 3.13. The van der Waals surface area contributed by atoms with Crippen molar-refractivity contribution in [3.63, 3.8) is 0 Å². The number of benzene rings is 1. The van der Waals surface area contributed by atoms with Gasteiger partial charge in [0.05, 0.1) is 13.2 Å². The van der Waals surface area contributed by atoms with Crippen molar-refractivity contribution in [3.05, 3.63) is 35.5 Å². The highest BCUT2D eigenvalue weighted by atomic mass is 16.5. The third-order valence-electron chi connectivity index (χ3n) is 4.08. The summed E-state index contributed by atoms with van der Waals surface area (Å²) < 4.78 is 7.92. The molecule has 0 bridgehead atoms. The lowest BCUT2D eigenvalue weighted by molar-refractivity contribution is 0.0331. The smallest absolute Gasteiger partial charge is 0.0594 e. The molecule has 20 heavy (non-hydrogen) atoms. The summed E-state index contributed by atoms with van der Waals surface area (Å²) in [4.78, 5) is 2.49. The second-order valence-electron chi connectivity index (χ2n) is 6.05. The molecule has 108 valence electrons. The van der Waals surface area contributed by atoms with Gasteiger partial charge in [0, 0.05) is 42.3 Å². The summed E-state index contributed by atoms with van der Waals surface area (Å²) in [6.45, 7) is 11.5. The minimum atomic E-state index is 0.492. The van der Waals surface area contributed by atoms with E-state index < -0.39 is 0 Å². The Morgan fingerprint density at radius 2 is 1.90 bits per heavy atom. The summed E-state index contributed by atoms with van der Waals surface area (Å²) in [6.07, 6.45) is 0. The Labute approximate surface area is 121 Å². The van der Waals surface area contributed by atoms with Crippen molar-refractivity contribution < 1.29 is 4.74 Å². The maximum Gasteiger partial charge on any atom is 0.0594 e. The molecule has 0 amide bonds. The van der Waals surface area contributed by atoms with Gasteiger partial charge in [-0.1, -0.05) is 11.6 Å². The molecule has 0 aliphatic carbocycles. The monoisotopic (exact) mass is 272 g/mol. The van der Waals surface area contributed by atoms with Crippen LogP contribution in [-0.2, 0) is 11.3 Å². The normalized spacial score (nSPS) is 17.2. The Kier molecular flexibility index (Phi) is 3.81. The average molecular weight is 272 g/mol. The van der Waals surface area contributed by atoms with E-state index in [4.69, 9.17) is 4.74 Å². The number of hydrogen-bond acceptors (Lipinski definition) is 2. The molecule has 0 atom stereocenters. The van der Waals surface area contributed by atoms with Crippen LogP contribution < -0.4 is 0 Å². The number of rotatable bonds is 3. The lowest BCUT2D eigenvalue weighted by Crippen LogP contribution is -2.36. The third-order valence-corrected chi connectivity index (χ3v) is 4.08. The van der Waals surface area contributed by atoms with E-state index in [1.807, 2.05) is 0 Å². The zero-order valence-electron chi connectivity index (χ0n) is 12.7. The number of fused-ring (bicyclic) bond motifs is 1. The molecule has 1 aromatic heterocycles. The van der Waals surface area contributed by atoms with Gasteiger partial charge in [0.2, 0.25) is 0 Å². The summed E-state index contributed by atoms with van der Waals surface area (Å²) >= 11 is 0. The molecule has 2 heterocycles. The van der Waals surface area contributed by atoms with Crippen molar-refractivity contribution >= 4 is 10.9 Å². The first-order chi connectivity index (χ1) is 9.65. The third kappa shape index (κ3) is 2.60. The van der Waals surface area contributed by atoms with Crippen LogP contribution in [0.3, 0.4) is 0 Å². The van der Waals surface area contributed by atoms with E-state index >= 15 is 0 Å². The van der Waals surface area contributed by atoms with Gasteiger partial charge in [-0.15, -0.1) is 0 Å². The van der Waals surface area contributed by atoms with Crippen molar-refractivity contribution in [3.8, 4) is 0 Å². The molecule has 0 unspecified atom stereocenters. The van der Waals surface area contributed by atoms with E-state index in [-0.39, 0.29) is 0 Å². The van der Waals surface area contributed by atoms with Crippen LogP contribution in [0.2, 0.25) is 0 Å². The Bertz CT molecular complexity index is 594. The first kappa shape index (κ1) is 13.7. The highest BCUT2D eigenvalue weighted by Gasteiger charge is 2.16. The molecule has 2 aromatic rings. The number of morpholine rings is 1. The van der Waals surface area contributed by atoms with Crippen LogP contribution in [0.5, 0.6) is 0 Å². The molecule has 0 radical (unpaired) electrons. The van der Waals surface area contributed by atoms with E-state index in [0.29, 0.717) is 6.04 Å². The Hall–Kier alpha value is -1.32. The Morgan fingerprint density at radius 1 is 1.15 bits per heavy atom. The molecule has 1 aromatic carbocycles. The standard InChI is InChI=1S/C17H24N2O/c1-13(2)19-16(12-18-6-8-20-9-7-18)11-15-10-14(3)4-5-17(15)19/h4-5,10-11,13H,6-9,12H2,1-3H3. The van der Waals surface area contributed by atoms with Gasteiger partial charge >= 0.3 is 0 Å². The molecule has 1 aliphatic rings. The minimum Gasteiger partial charge on any atom is -0.379 e. The van der Waals surface area contributed by atoms with Gasteiger partial charge < -0.3 is 9.30 Å². The number of aromatic nitrogens is 1. The van der Waals surface area contributed by atoms with E-state index in [0.717, 1.165) is 32.8 Å². The number of ether oxygens (including phenoxy) is 1. The molecule has 0 saturated carbocycles. The van der Waals surface area contributed by atoms with Crippen LogP contribution in [0.15, 0.2) is 24.3 Å². The fourth-order valence-corrected chi connectivity index (χ4v) is 3.13. The summed E-state index contributed by atoms with van der Waals surface area (Å²) in [7, 11) is 0. The molecule has 1 aliphatic heterocycles. The highest BCUT2D eigenvalue weighted by Crippen LogP contribution is 2.26. The number of hydrogen-bond donors (Lipinski definition) is 0. The second-order valence-corrected chi connectivity index (χ2v) is 6.05. The van der Waals surface area contributed by atoms with Crippen LogP contribution in [0.4, 0.5) is 0 Å². The van der Waals surface area contributed by atoms with Crippen molar-refractivity contribution in [1.29, 1.82) is 0 Å². The van der Waals surface area contributed by atoms with Gasteiger partial charge in [0.1, 0.15) is 0 Å². The van der Waals surface area contributed by atoms with Crippen LogP contribution in [0.25, 0.3) is 10.9 Å². The van der Waals surface area contributed by atoms with Gasteiger partial charge in [-0.05, 0) is 39.0 Å². The molecule has 0 N–H and O–H groups in total. The fraction of sp³-hybridized carbons (Fsp3) is 0.529. The van der Waals surface area contributed by atoms with Gasteiger partial charge in [-0.3, -0.25) is 4.90 Å². The Morgan fingerprint density at radius 3 is 2.60 bits per heavy atom. The molecule has 3 heteroatoms. The SMILES string of the molecule is Cc1ccc2c(c1)cc(CN1CCOCC1)n2C(C)C. The minimum absolute atomic E-state index is 0.492. The summed E-state index contributed by atoms with van der Waals surface area (Å²) in [6, 6.07) is 9.61. The van der Waals surface area contributed by atoms with E-state index in [1.165, 1.54) is 22.2 Å². The van der Waals surface area contributed by atoms with E-state index in [2.05, 4.69) is 54.5 Å². The second kappa shape index (κ2) is 5.58. The zero-order chi connectivity index (χ0) is 14.1. The van der Waals surface area contributed by atoms with E-state index in [1.54, 1.807) is 0 Å². The zero-order valence-corrected chi connectivity index (χ0v) is 12.7. The molecular formula is C17H24N2O. The van der Waals surface area contributed by atoms with Gasteiger partial charge in [-0.2, -0.15) is 0 Å². The summed E-state index contributed by atoms with van der Waals surface area (Å²) in [5.41, 5.74) is 4.10. The predicted molar refractivity (Wildman–Crippen MR) is 83.2 cm³/mol. The van der Waals surface area contributed by atoms with Crippen LogP contribution in [0, 0.1) is 6.92 Å². The predicted octanol–water partition coefficient (Wildman–Crippen LogP) is 3.36. The first-order valence-corrected chi connectivity index (χ1v) is 7.56. The van der Waals surface area contributed by atoms with Crippen molar-refractivity contribution in [2.75, 3.05) is 26.3 Å². The van der Waals surface area contributed by atoms with Crippen molar-refractivity contribution in [1.82, 2.24) is 9.47 Å². The Balaban J connectivity index is 1.97. The van der Waals surface area contributed by atoms with Crippen LogP contribution >= 0.6 is 0 Å². The maximum atomic E-state index is 5.44. The topological polar surface area (TPSA) is 17.4 Å². The summed E-state index contributed by atoms with van der Waals surface area (Å²) in [5.74, 6) is 0. The van der Waals surface area contributed by atoms with Crippen molar-refractivity contribution in [2.24, 2.45) is 0 Å². The van der Waals surface area contributed by atoms with Gasteiger partial charge in [0.15, 0.2) is 0 Å². The van der Waals surface area contributed by atoms with Crippen LogP contribution in [0.1, 0.15) is 31.1 Å². The molecule has 1 saturated heterocycles.